The predicted octanol–water partition coefficient (Wildman–Crippen LogP) is 3.04. The zero-order valence-electron chi connectivity index (χ0n) is 8.86. The highest BCUT2D eigenvalue weighted by atomic mass is 35.5. The van der Waals surface area contributed by atoms with E-state index in [2.05, 4.69) is 4.98 Å². The highest BCUT2D eigenvalue weighted by Crippen LogP contribution is 2.24. The van der Waals surface area contributed by atoms with Crippen LogP contribution in [0.25, 0.3) is 0 Å². The number of aromatic nitrogens is 1. The first kappa shape index (κ1) is 11.7. The van der Waals surface area contributed by atoms with E-state index in [1.165, 1.54) is 6.20 Å². The van der Waals surface area contributed by atoms with E-state index < -0.39 is 5.95 Å². The van der Waals surface area contributed by atoms with Crippen molar-refractivity contribution in [3.05, 3.63) is 53.1 Å². The quantitative estimate of drug-likeness (QED) is 0.675. The molecule has 0 saturated carbocycles. The molecule has 0 spiro atoms. The van der Waals surface area contributed by atoms with Gasteiger partial charge in [0.05, 0.1) is 10.7 Å². The maximum Gasteiger partial charge on any atom is 0.219 e. The van der Waals surface area contributed by atoms with Crippen LogP contribution < -0.4 is 10.5 Å². The summed E-state index contributed by atoms with van der Waals surface area (Å²) in [6.45, 7) is 0.0971. The minimum atomic E-state index is -0.533. The molecule has 5 heteroatoms. The van der Waals surface area contributed by atoms with Crippen LogP contribution in [-0.2, 0) is 6.61 Å². The first-order chi connectivity index (χ1) is 8.16. The highest BCUT2D eigenvalue weighted by molar-refractivity contribution is 6.33. The van der Waals surface area contributed by atoms with Crippen molar-refractivity contribution in [2.45, 2.75) is 6.61 Å². The smallest absolute Gasteiger partial charge is 0.219 e. The molecule has 0 aliphatic heterocycles. The number of anilines is 1. The first-order valence-corrected chi connectivity index (χ1v) is 5.32. The Morgan fingerprint density at radius 2 is 2.18 bits per heavy atom. The van der Waals surface area contributed by atoms with Gasteiger partial charge in [0.15, 0.2) is 0 Å². The van der Waals surface area contributed by atoms with Gasteiger partial charge in [0, 0.05) is 17.8 Å². The van der Waals surface area contributed by atoms with Crippen molar-refractivity contribution in [3.63, 3.8) is 0 Å². The third kappa shape index (κ3) is 2.85. The first-order valence-electron chi connectivity index (χ1n) is 4.94. The normalized spacial score (nSPS) is 10.2. The molecular weight excluding hydrogens is 243 g/mol. The second-order valence-electron chi connectivity index (χ2n) is 3.43. The van der Waals surface area contributed by atoms with Gasteiger partial charge in [0.1, 0.15) is 12.4 Å². The molecule has 2 rings (SSSR count). The Morgan fingerprint density at radius 3 is 2.88 bits per heavy atom. The predicted molar refractivity (Wildman–Crippen MR) is 64.4 cm³/mol. The van der Waals surface area contributed by atoms with E-state index in [9.17, 15) is 4.39 Å². The van der Waals surface area contributed by atoms with Crippen molar-refractivity contribution >= 4 is 17.3 Å². The van der Waals surface area contributed by atoms with Crippen molar-refractivity contribution in [1.29, 1.82) is 0 Å². The summed E-state index contributed by atoms with van der Waals surface area (Å²) in [7, 11) is 0. The number of rotatable bonds is 3. The summed E-state index contributed by atoms with van der Waals surface area (Å²) in [5.74, 6) is 0.00138. The second kappa shape index (κ2) is 5.01. The number of nitrogens with zero attached hydrogens (tertiary/aromatic N) is 1. The average molecular weight is 253 g/mol. The Morgan fingerprint density at radius 1 is 1.35 bits per heavy atom. The molecule has 0 unspecified atom stereocenters. The van der Waals surface area contributed by atoms with Gasteiger partial charge in [-0.25, -0.2) is 4.98 Å². The molecule has 1 aromatic heterocycles. The summed E-state index contributed by atoms with van der Waals surface area (Å²) < 4.78 is 18.6. The number of hydrogen-bond acceptors (Lipinski definition) is 3. The van der Waals surface area contributed by atoms with E-state index in [0.29, 0.717) is 22.0 Å². The van der Waals surface area contributed by atoms with Crippen molar-refractivity contribution in [2.24, 2.45) is 0 Å². The molecule has 1 aromatic carbocycles. The molecule has 0 aliphatic carbocycles. The molecule has 0 amide bonds. The van der Waals surface area contributed by atoms with Crippen molar-refractivity contribution in [3.8, 4) is 5.75 Å². The minimum Gasteiger partial charge on any atom is -0.489 e. The lowest BCUT2D eigenvalue weighted by molar-refractivity contribution is 0.298. The largest absolute Gasteiger partial charge is 0.489 e. The fourth-order valence-electron chi connectivity index (χ4n) is 1.29. The fraction of sp³-hybridized carbons (Fsp3) is 0.0833. The van der Waals surface area contributed by atoms with Crippen LogP contribution in [0.1, 0.15) is 5.56 Å². The van der Waals surface area contributed by atoms with Crippen molar-refractivity contribution in [1.82, 2.24) is 4.98 Å². The van der Waals surface area contributed by atoms with Crippen LogP contribution in [0.15, 0.2) is 36.5 Å². The van der Waals surface area contributed by atoms with Crippen LogP contribution in [0.2, 0.25) is 5.02 Å². The topological polar surface area (TPSA) is 48.1 Å². The van der Waals surface area contributed by atoms with Gasteiger partial charge >= 0.3 is 0 Å². The molecule has 0 aliphatic rings. The van der Waals surface area contributed by atoms with E-state index in [1.54, 1.807) is 30.3 Å². The molecule has 0 fully saturated rings. The Hall–Kier alpha value is -1.81. The molecular formula is C12H10ClFN2O. The molecule has 0 radical (unpaired) electrons. The summed E-state index contributed by atoms with van der Waals surface area (Å²) in [4.78, 5) is 3.53. The van der Waals surface area contributed by atoms with E-state index in [4.69, 9.17) is 22.1 Å². The third-order valence-electron chi connectivity index (χ3n) is 2.20. The monoisotopic (exact) mass is 252 g/mol. The molecule has 0 atom stereocenters. The maximum atomic E-state index is 13.2. The maximum absolute atomic E-state index is 13.2. The van der Waals surface area contributed by atoms with Crippen LogP contribution in [-0.4, -0.2) is 4.98 Å². The zero-order valence-corrected chi connectivity index (χ0v) is 9.62. The lowest BCUT2D eigenvalue weighted by Crippen LogP contribution is -2.00. The van der Waals surface area contributed by atoms with E-state index in [-0.39, 0.29) is 6.61 Å². The number of halogens is 2. The molecule has 0 bridgehead atoms. The van der Waals surface area contributed by atoms with Crippen LogP contribution in [0.5, 0.6) is 5.75 Å². The lowest BCUT2D eigenvalue weighted by atomic mass is 10.3. The lowest BCUT2D eigenvalue weighted by Gasteiger charge is -2.07. The molecule has 2 N–H and O–H groups in total. The van der Waals surface area contributed by atoms with Crippen LogP contribution >= 0.6 is 11.6 Å². The summed E-state index contributed by atoms with van der Waals surface area (Å²) in [6.07, 6.45) is 1.39. The zero-order chi connectivity index (χ0) is 12.3. The molecule has 88 valence electrons. The van der Waals surface area contributed by atoms with Crippen LogP contribution in [0.3, 0.4) is 0 Å². The Balaban J connectivity index is 2.08. The van der Waals surface area contributed by atoms with Gasteiger partial charge in [-0.2, -0.15) is 4.39 Å². The Bertz CT molecular complexity index is 534. The van der Waals surface area contributed by atoms with Crippen LogP contribution in [0, 0.1) is 5.95 Å². The summed E-state index contributed by atoms with van der Waals surface area (Å²) in [5.41, 5.74) is 6.43. The number of benzene rings is 1. The third-order valence-corrected chi connectivity index (χ3v) is 2.53. The van der Waals surface area contributed by atoms with Gasteiger partial charge in [-0.05, 0) is 24.3 Å². The number of pyridine rings is 1. The summed E-state index contributed by atoms with van der Waals surface area (Å²) in [5, 5.41) is 0.411. The van der Waals surface area contributed by atoms with E-state index in [0.717, 1.165) is 0 Å². The number of ether oxygens (including phenoxy) is 1. The van der Waals surface area contributed by atoms with E-state index in [1.807, 2.05) is 0 Å². The SMILES string of the molecule is Nc1ccc(OCc2cccnc2F)cc1Cl. The molecule has 17 heavy (non-hydrogen) atoms. The highest BCUT2D eigenvalue weighted by Gasteiger charge is 2.04. The molecule has 0 saturated heterocycles. The van der Waals surface area contributed by atoms with E-state index >= 15 is 0 Å². The van der Waals surface area contributed by atoms with Crippen molar-refractivity contribution < 1.29 is 9.13 Å². The molecule has 3 nitrogen and oxygen atoms in total. The summed E-state index contributed by atoms with van der Waals surface area (Å²) in [6, 6.07) is 8.16. The van der Waals surface area contributed by atoms with Crippen LogP contribution in [0.4, 0.5) is 10.1 Å². The number of nitrogens with two attached hydrogens (primary N) is 1. The molecule has 1 heterocycles. The summed E-state index contributed by atoms with van der Waals surface area (Å²) >= 11 is 5.84. The molecule has 2 aromatic rings. The Kier molecular flexibility index (Phi) is 3.44. The standard InChI is InChI=1S/C12H10ClFN2O/c13-10-6-9(3-4-11(10)15)17-7-8-2-1-5-16-12(8)14/h1-6H,7,15H2. The second-order valence-corrected chi connectivity index (χ2v) is 3.83. The Labute approximate surface area is 103 Å². The van der Waals surface area contributed by atoms with Gasteiger partial charge in [-0.15, -0.1) is 0 Å². The van der Waals surface area contributed by atoms with Gasteiger partial charge in [-0.3, -0.25) is 0 Å². The fourth-order valence-corrected chi connectivity index (χ4v) is 1.46. The number of hydrogen-bond donors (Lipinski definition) is 1. The van der Waals surface area contributed by atoms with Gasteiger partial charge in [0.2, 0.25) is 5.95 Å². The average Bonchev–Trinajstić information content (AvgIpc) is 2.32. The van der Waals surface area contributed by atoms with Gasteiger partial charge in [0.25, 0.3) is 0 Å². The van der Waals surface area contributed by atoms with Gasteiger partial charge in [-0.1, -0.05) is 11.6 Å². The number of nitrogen functional groups attached to an aromatic ring is 1. The van der Waals surface area contributed by atoms with Crippen molar-refractivity contribution in [2.75, 3.05) is 5.73 Å². The minimum absolute atomic E-state index is 0.0971. The van der Waals surface area contributed by atoms with Gasteiger partial charge < -0.3 is 10.5 Å².